The molecule has 0 saturated carbocycles. The number of carbonyl (C=O) groups is 1. The summed E-state index contributed by atoms with van der Waals surface area (Å²) in [6.45, 7) is 3.82. The minimum atomic E-state index is -0.843. The Bertz CT molecular complexity index is 914. The predicted octanol–water partition coefficient (Wildman–Crippen LogP) is 4.40. The number of anilines is 1. The summed E-state index contributed by atoms with van der Waals surface area (Å²) in [6, 6.07) is 9.68. The quantitative estimate of drug-likeness (QED) is 0.734. The molecular weight excluding hydrogens is 342 g/mol. The largest absolute Gasteiger partial charge is 0.489 e. The molecule has 2 aromatic carbocycles. The monoisotopic (exact) mass is 358 g/mol. The number of halogens is 2. The number of aromatic nitrogens is 1. The van der Waals surface area contributed by atoms with Crippen LogP contribution in [0.4, 0.5) is 14.5 Å². The minimum Gasteiger partial charge on any atom is -0.489 e. The molecule has 0 radical (unpaired) electrons. The van der Waals surface area contributed by atoms with E-state index in [2.05, 4.69) is 10.5 Å². The van der Waals surface area contributed by atoms with Crippen LogP contribution in [0, 0.1) is 25.5 Å². The third-order valence-electron chi connectivity index (χ3n) is 3.86. The van der Waals surface area contributed by atoms with Gasteiger partial charge in [0.2, 0.25) is 0 Å². The second kappa shape index (κ2) is 7.35. The van der Waals surface area contributed by atoms with Crippen molar-refractivity contribution in [2.75, 3.05) is 5.32 Å². The lowest BCUT2D eigenvalue weighted by Gasteiger charge is -2.10. The number of hydrogen-bond donors (Lipinski definition) is 1. The highest BCUT2D eigenvalue weighted by Gasteiger charge is 2.14. The zero-order valence-electron chi connectivity index (χ0n) is 14.2. The molecule has 1 aromatic heterocycles. The van der Waals surface area contributed by atoms with Crippen LogP contribution in [0.3, 0.4) is 0 Å². The van der Waals surface area contributed by atoms with E-state index in [9.17, 15) is 13.6 Å². The molecule has 0 spiro atoms. The van der Waals surface area contributed by atoms with Gasteiger partial charge in [-0.25, -0.2) is 8.78 Å². The van der Waals surface area contributed by atoms with Crippen LogP contribution in [0.15, 0.2) is 47.0 Å². The molecule has 1 amide bonds. The van der Waals surface area contributed by atoms with Crippen LogP contribution >= 0.6 is 0 Å². The molecule has 0 atom stereocenters. The maximum Gasteiger partial charge on any atom is 0.255 e. The Labute approximate surface area is 148 Å². The van der Waals surface area contributed by atoms with Crippen molar-refractivity contribution in [1.29, 1.82) is 0 Å². The highest BCUT2D eigenvalue weighted by molar-refractivity contribution is 6.04. The first-order valence-corrected chi connectivity index (χ1v) is 7.85. The average Bonchev–Trinajstić information content (AvgIpc) is 2.94. The molecular formula is C19H16F2N2O3. The smallest absolute Gasteiger partial charge is 0.255 e. The fourth-order valence-electron chi connectivity index (χ4n) is 2.39. The van der Waals surface area contributed by atoms with Crippen LogP contribution in [0.5, 0.6) is 5.75 Å². The van der Waals surface area contributed by atoms with Gasteiger partial charge >= 0.3 is 0 Å². The summed E-state index contributed by atoms with van der Waals surface area (Å²) in [4.78, 5) is 12.3. The third kappa shape index (κ3) is 3.72. The van der Waals surface area contributed by atoms with Crippen LogP contribution in [0.25, 0.3) is 0 Å². The second-order valence-corrected chi connectivity index (χ2v) is 5.67. The number of nitrogens with one attached hydrogen (secondary N) is 1. The van der Waals surface area contributed by atoms with E-state index < -0.39 is 23.2 Å². The van der Waals surface area contributed by atoms with Gasteiger partial charge in [-0.2, -0.15) is 0 Å². The SMILES string of the molecule is Cc1noc(C)c1COc1cccc(C(=O)Nc2c(F)cccc2F)c1. The van der Waals surface area contributed by atoms with Crippen LogP contribution in [-0.4, -0.2) is 11.1 Å². The van der Waals surface area contributed by atoms with Gasteiger partial charge in [0.05, 0.1) is 11.3 Å². The summed E-state index contributed by atoms with van der Waals surface area (Å²) in [6.07, 6.45) is 0. The zero-order valence-corrected chi connectivity index (χ0v) is 14.2. The summed E-state index contributed by atoms with van der Waals surface area (Å²) in [5, 5.41) is 6.09. The number of hydrogen-bond acceptors (Lipinski definition) is 4. The normalized spacial score (nSPS) is 10.6. The molecule has 0 aliphatic carbocycles. The first kappa shape index (κ1) is 17.6. The molecule has 1 N–H and O–H groups in total. The van der Waals surface area contributed by atoms with Crippen molar-refractivity contribution in [3.63, 3.8) is 0 Å². The fourth-order valence-corrected chi connectivity index (χ4v) is 2.39. The number of carbonyl (C=O) groups excluding carboxylic acids is 1. The van der Waals surface area contributed by atoms with Gasteiger partial charge in [0.25, 0.3) is 5.91 Å². The standard InChI is InChI=1S/C19H16F2N2O3/c1-11-15(12(2)26-23-11)10-25-14-6-3-5-13(9-14)19(24)22-18-16(20)7-4-8-17(18)21/h3-9H,10H2,1-2H3,(H,22,24). The van der Waals surface area contributed by atoms with Crippen molar-refractivity contribution in [3.05, 3.63) is 76.7 Å². The number of rotatable bonds is 5. The van der Waals surface area contributed by atoms with Gasteiger partial charge in [-0.3, -0.25) is 4.79 Å². The van der Waals surface area contributed by atoms with Crippen molar-refractivity contribution in [1.82, 2.24) is 5.16 Å². The first-order chi connectivity index (χ1) is 12.5. The Morgan fingerprint density at radius 3 is 2.50 bits per heavy atom. The molecule has 5 nitrogen and oxygen atoms in total. The Hall–Kier alpha value is -3.22. The number of ether oxygens (including phenoxy) is 1. The third-order valence-corrected chi connectivity index (χ3v) is 3.86. The molecule has 7 heteroatoms. The lowest BCUT2D eigenvalue weighted by atomic mass is 10.2. The molecule has 0 bridgehead atoms. The molecule has 0 unspecified atom stereocenters. The zero-order chi connectivity index (χ0) is 18.7. The van der Waals surface area contributed by atoms with Crippen LogP contribution < -0.4 is 10.1 Å². The van der Waals surface area contributed by atoms with Crippen molar-refractivity contribution in [2.45, 2.75) is 20.5 Å². The Morgan fingerprint density at radius 2 is 1.85 bits per heavy atom. The maximum absolute atomic E-state index is 13.7. The van der Waals surface area contributed by atoms with E-state index in [4.69, 9.17) is 9.26 Å². The Kier molecular flexibility index (Phi) is 4.97. The van der Waals surface area contributed by atoms with E-state index >= 15 is 0 Å². The summed E-state index contributed by atoms with van der Waals surface area (Å²) in [5.41, 5.74) is 1.28. The molecule has 3 rings (SSSR count). The molecule has 0 aliphatic heterocycles. The van der Waals surface area contributed by atoms with Crippen LogP contribution in [0.2, 0.25) is 0 Å². The lowest BCUT2D eigenvalue weighted by molar-refractivity contribution is 0.102. The van der Waals surface area contributed by atoms with Crippen molar-refractivity contribution >= 4 is 11.6 Å². The number of amides is 1. The van der Waals surface area contributed by atoms with Gasteiger partial charge in [-0.15, -0.1) is 0 Å². The van der Waals surface area contributed by atoms with E-state index in [0.717, 1.165) is 23.4 Å². The topological polar surface area (TPSA) is 64.4 Å². The maximum atomic E-state index is 13.7. The first-order valence-electron chi connectivity index (χ1n) is 7.85. The average molecular weight is 358 g/mol. The Morgan fingerprint density at radius 1 is 1.15 bits per heavy atom. The van der Waals surface area contributed by atoms with Crippen molar-refractivity contribution in [2.24, 2.45) is 0 Å². The van der Waals surface area contributed by atoms with E-state index in [0.29, 0.717) is 11.5 Å². The molecule has 134 valence electrons. The highest BCUT2D eigenvalue weighted by atomic mass is 19.1. The molecule has 0 saturated heterocycles. The van der Waals surface area contributed by atoms with Gasteiger partial charge < -0.3 is 14.6 Å². The van der Waals surface area contributed by atoms with E-state index in [1.807, 2.05) is 6.92 Å². The fraction of sp³-hybridized carbons (Fsp3) is 0.158. The van der Waals surface area contributed by atoms with Crippen LogP contribution in [0.1, 0.15) is 27.4 Å². The van der Waals surface area contributed by atoms with Gasteiger partial charge in [-0.05, 0) is 44.2 Å². The number of aryl methyl sites for hydroxylation is 2. The van der Waals surface area contributed by atoms with E-state index in [1.165, 1.54) is 18.2 Å². The number of nitrogens with zero attached hydrogens (tertiary/aromatic N) is 1. The van der Waals surface area contributed by atoms with Crippen molar-refractivity contribution < 1.29 is 22.8 Å². The number of benzene rings is 2. The second-order valence-electron chi connectivity index (χ2n) is 5.67. The highest BCUT2D eigenvalue weighted by Crippen LogP contribution is 2.21. The Balaban J connectivity index is 1.73. The summed E-state index contributed by atoms with van der Waals surface area (Å²) in [5.74, 6) is -1.23. The molecule has 0 aliphatic rings. The van der Waals surface area contributed by atoms with Crippen LogP contribution in [-0.2, 0) is 6.61 Å². The molecule has 0 fully saturated rings. The molecule has 1 heterocycles. The van der Waals surface area contributed by atoms with E-state index in [1.54, 1.807) is 19.1 Å². The number of para-hydroxylation sites is 1. The minimum absolute atomic E-state index is 0.212. The van der Waals surface area contributed by atoms with Gasteiger partial charge in [-0.1, -0.05) is 17.3 Å². The van der Waals surface area contributed by atoms with E-state index in [-0.39, 0.29) is 12.2 Å². The summed E-state index contributed by atoms with van der Waals surface area (Å²) >= 11 is 0. The predicted molar refractivity (Wildman–Crippen MR) is 91.1 cm³/mol. The van der Waals surface area contributed by atoms with Gasteiger partial charge in [0.15, 0.2) is 0 Å². The summed E-state index contributed by atoms with van der Waals surface area (Å²) < 4.78 is 38.1. The molecule has 3 aromatic rings. The summed E-state index contributed by atoms with van der Waals surface area (Å²) in [7, 11) is 0. The molecule has 26 heavy (non-hydrogen) atoms. The van der Waals surface area contributed by atoms with Gasteiger partial charge in [0, 0.05) is 5.56 Å². The van der Waals surface area contributed by atoms with Gasteiger partial charge in [0.1, 0.15) is 35.4 Å². The van der Waals surface area contributed by atoms with Crippen molar-refractivity contribution in [3.8, 4) is 5.75 Å². The lowest BCUT2D eigenvalue weighted by Crippen LogP contribution is -2.14.